The van der Waals surface area contributed by atoms with Crippen LogP contribution in [0.3, 0.4) is 0 Å². The number of benzene rings is 1. The van der Waals surface area contributed by atoms with Gasteiger partial charge in [-0.25, -0.2) is 9.18 Å². The molecule has 0 aromatic heterocycles. The van der Waals surface area contributed by atoms with Crippen molar-refractivity contribution in [2.45, 2.75) is 50.7 Å². The number of hydrogen-bond donors (Lipinski definition) is 0. The highest BCUT2D eigenvalue weighted by atomic mass is 79.9. The number of rotatable bonds is 4. The molecule has 1 aromatic rings. The Morgan fingerprint density at radius 3 is 2.56 bits per heavy atom. The minimum atomic E-state index is -1.04. The fourth-order valence-electron chi connectivity index (χ4n) is 3.07. The molecule has 134 valence electrons. The molecule has 25 heavy (non-hydrogen) atoms. The van der Waals surface area contributed by atoms with Crippen LogP contribution < -0.4 is 0 Å². The molecule has 0 radical (unpaired) electrons. The highest BCUT2D eigenvalue weighted by Gasteiger charge is 2.40. The van der Waals surface area contributed by atoms with Gasteiger partial charge in [0.1, 0.15) is 11.4 Å². The van der Waals surface area contributed by atoms with Crippen molar-refractivity contribution in [2.75, 3.05) is 7.05 Å². The van der Waals surface area contributed by atoms with Crippen LogP contribution in [-0.2, 0) is 9.53 Å². The van der Waals surface area contributed by atoms with Gasteiger partial charge in [-0.15, -0.1) is 0 Å². The lowest BCUT2D eigenvalue weighted by molar-refractivity contribution is -0.143. The van der Waals surface area contributed by atoms with Gasteiger partial charge in [0, 0.05) is 11.5 Å². The summed E-state index contributed by atoms with van der Waals surface area (Å²) < 4.78 is 18.6. The average Bonchev–Trinajstić information content (AvgIpc) is 2.60. The molecule has 7 heteroatoms. The van der Waals surface area contributed by atoms with E-state index < -0.39 is 29.3 Å². The number of ether oxygens (including phenoxy) is 1. The fraction of sp³-hybridized carbons (Fsp3) is 0.500. The van der Waals surface area contributed by atoms with Gasteiger partial charge in [0.05, 0.1) is 11.6 Å². The van der Waals surface area contributed by atoms with Crippen molar-refractivity contribution in [1.82, 2.24) is 4.90 Å². The van der Waals surface area contributed by atoms with E-state index >= 15 is 0 Å². The van der Waals surface area contributed by atoms with E-state index in [2.05, 4.69) is 22.0 Å². The first-order chi connectivity index (χ1) is 11.8. The molecule has 0 N–H and O–H groups in total. The van der Waals surface area contributed by atoms with Crippen molar-refractivity contribution < 1.29 is 18.7 Å². The van der Waals surface area contributed by atoms with E-state index in [0.717, 1.165) is 31.4 Å². The van der Waals surface area contributed by atoms with E-state index in [1.165, 1.54) is 17.9 Å². The third-order valence-electron chi connectivity index (χ3n) is 4.64. The van der Waals surface area contributed by atoms with Gasteiger partial charge in [0.2, 0.25) is 0 Å². The molecule has 0 bridgehead atoms. The Labute approximate surface area is 154 Å². The lowest BCUT2D eigenvalue weighted by Crippen LogP contribution is -2.53. The molecule has 2 rings (SSSR count). The summed E-state index contributed by atoms with van der Waals surface area (Å²) in [6.45, 7) is 1.47. The number of esters is 1. The van der Waals surface area contributed by atoms with Crippen molar-refractivity contribution in [3.63, 3.8) is 0 Å². The van der Waals surface area contributed by atoms with Crippen LogP contribution in [0.4, 0.5) is 4.39 Å². The maximum Gasteiger partial charge on any atom is 0.340 e. The number of carbonyl (C=O) groups is 2. The van der Waals surface area contributed by atoms with Gasteiger partial charge in [-0.05, 0) is 53.9 Å². The largest absolute Gasteiger partial charge is 0.449 e. The molecule has 0 spiro atoms. The molecule has 5 nitrogen and oxygen atoms in total. The summed E-state index contributed by atoms with van der Waals surface area (Å²) in [6, 6.07) is 5.86. The van der Waals surface area contributed by atoms with Crippen LogP contribution in [0.1, 0.15) is 49.4 Å². The van der Waals surface area contributed by atoms with E-state index in [9.17, 15) is 19.2 Å². The van der Waals surface area contributed by atoms with Gasteiger partial charge >= 0.3 is 5.97 Å². The first kappa shape index (κ1) is 19.4. The quantitative estimate of drug-likeness (QED) is 0.707. The number of nitrogens with zero attached hydrogens (tertiary/aromatic N) is 2. The van der Waals surface area contributed by atoms with E-state index in [-0.39, 0.29) is 10.0 Å². The standard InChI is InChI=1S/C18H20BrFN2O3/c1-12(25-17(24)14-7-6-13(20)10-15(14)19)16(23)22(2)18(11-21)8-4-3-5-9-18/h6-7,10,12H,3-5,8-9H2,1-2H3/t12-/m0/s1. The van der Waals surface area contributed by atoms with Crippen LogP contribution in [0.15, 0.2) is 22.7 Å². The van der Waals surface area contributed by atoms with Crippen molar-refractivity contribution in [3.05, 3.63) is 34.1 Å². The minimum Gasteiger partial charge on any atom is -0.449 e. The Hall–Kier alpha value is -1.94. The third-order valence-corrected chi connectivity index (χ3v) is 5.30. The Bertz CT molecular complexity index is 711. The van der Waals surface area contributed by atoms with E-state index in [1.54, 1.807) is 7.05 Å². The number of amides is 1. The zero-order chi connectivity index (χ0) is 18.6. The average molecular weight is 411 g/mol. The topological polar surface area (TPSA) is 70.4 Å². The van der Waals surface area contributed by atoms with Gasteiger partial charge in [-0.3, -0.25) is 4.79 Å². The molecular weight excluding hydrogens is 391 g/mol. The second-order valence-electron chi connectivity index (χ2n) is 6.27. The smallest absolute Gasteiger partial charge is 0.340 e. The van der Waals surface area contributed by atoms with E-state index in [1.807, 2.05) is 0 Å². The molecule has 1 aromatic carbocycles. The molecule has 1 aliphatic carbocycles. The number of hydrogen-bond acceptors (Lipinski definition) is 4. The van der Waals surface area contributed by atoms with Gasteiger partial charge in [0.25, 0.3) is 5.91 Å². The molecule has 1 fully saturated rings. The highest BCUT2D eigenvalue weighted by molar-refractivity contribution is 9.10. The number of likely N-dealkylation sites (N-methyl/N-ethyl adjacent to an activating group) is 1. The summed E-state index contributed by atoms with van der Waals surface area (Å²) in [6.07, 6.45) is 3.03. The maximum atomic E-state index is 13.1. The van der Waals surface area contributed by atoms with Crippen LogP contribution in [-0.4, -0.2) is 35.5 Å². The normalized spacial score (nSPS) is 17.2. The maximum absolute atomic E-state index is 13.1. The zero-order valence-electron chi connectivity index (χ0n) is 14.2. The van der Waals surface area contributed by atoms with Gasteiger partial charge in [-0.1, -0.05) is 19.3 Å². The zero-order valence-corrected chi connectivity index (χ0v) is 15.8. The first-order valence-corrected chi connectivity index (χ1v) is 8.95. The van der Waals surface area contributed by atoms with Crippen LogP contribution in [0.2, 0.25) is 0 Å². The molecule has 0 aliphatic heterocycles. The summed E-state index contributed by atoms with van der Waals surface area (Å²) in [5, 5.41) is 9.57. The Morgan fingerprint density at radius 2 is 2.00 bits per heavy atom. The number of halogens is 2. The molecule has 1 saturated carbocycles. The predicted octanol–water partition coefficient (Wildman–Crippen LogP) is 3.82. The molecule has 1 amide bonds. The fourth-order valence-corrected chi connectivity index (χ4v) is 3.58. The van der Waals surface area contributed by atoms with E-state index in [0.29, 0.717) is 12.8 Å². The monoisotopic (exact) mass is 410 g/mol. The molecular formula is C18H20BrFN2O3. The van der Waals surface area contributed by atoms with E-state index in [4.69, 9.17) is 4.74 Å². The van der Waals surface area contributed by atoms with Crippen molar-refractivity contribution in [3.8, 4) is 6.07 Å². The molecule has 0 heterocycles. The number of carbonyl (C=O) groups excluding carboxylic acids is 2. The first-order valence-electron chi connectivity index (χ1n) is 8.16. The van der Waals surface area contributed by atoms with Crippen LogP contribution in [0, 0.1) is 17.1 Å². The highest BCUT2D eigenvalue weighted by Crippen LogP contribution is 2.33. The second-order valence-corrected chi connectivity index (χ2v) is 7.13. The van der Waals surface area contributed by atoms with Crippen LogP contribution >= 0.6 is 15.9 Å². The molecule has 0 unspecified atom stereocenters. The van der Waals surface area contributed by atoms with Crippen molar-refractivity contribution >= 4 is 27.8 Å². The third kappa shape index (κ3) is 4.18. The lowest BCUT2D eigenvalue weighted by Gasteiger charge is -2.39. The molecule has 0 saturated heterocycles. The summed E-state index contributed by atoms with van der Waals surface area (Å²) in [5.74, 6) is -1.63. The van der Waals surface area contributed by atoms with Crippen LogP contribution in [0.25, 0.3) is 0 Å². The molecule has 1 atom stereocenters. The van der Waals surface area contributed by atoms with Gasteiger partial charge in [-0.2, -0.15) is 5.26 Å². The Kier molecular flexibility index (Phi) is 6.17. The van der Waals surface area contributed by atoms with Gasteiger partial charge < -0.3 is 9.64 Å². The predicted molar refractivity (Wildman–Crippen MR) is 93.2 cm³/mol. The summed E-state index contributed by atoms with van der Waals surface area (Å²) in [7, 11) is 1.58. The summed E-state index contributed by atoms with van der Waals surface area (Å²) in [5.41, 5.74) is -0.705. The van der Waals surface area contributed by atoms with Crippen LogP contribution in [0.5, 0.6) is 0 Å². The number of nitriles is 1. The van der Waals surface area contributed by atoms with Crippen molar-refractivity contribution in [2.24, 2.45) is 0 Å². The van der Waals surface area contributed by atoms with Gasteiger partial charge in [0.15, 0.2) is 6.10 Å². The minimum absolute atomic E-state index is 0.136. The summed E-state index contributed by atoms with van der Waals surface area (Å²) in [4.78, 5) is 26.3. The lowest BCUT2D eigenvalue weighted by atomic mass is 9.81. The summed E-state index contributed by atoms with van der Waals surface area (Å²) >= 11 is 3.11. The Morgan fingerprint density at radius 1 is 1.36 bits per heavy atom. The second kappa shape index (κ2) is 7.96. The molecule has 1 aliphatic rings. The SMILES string of the molecule is C[C@H](OC(=O)c1ccc(F)cc1Br)C(=O)N(C)C1(C#N)CCCCC1. The Balaban J connectivity index is 2.09. The van der Waals surface area contributed by atoms with Crippen molar-refractivity contribution in [1.29, 1.82) is 5.26 Å².